The van der Waals surface area contributed by atoms with Crippen LogP contribution in [-0.2, 0) is 6.42 Å². The first-order valence-corrected chi connectivity index (χ1v) is 5.99. The molecule has 2 aromatic rings. The van der Waals surface area contributed by atoms with Gasteiger partial charge in [0.2, 0.25) is 0 Å². The van der Waals surface area contributed by atoms with Crippen molar-refractivity contribution in [2.24, 2.45) is 0 Å². The van der Waals surface area contributed by atoms with Gasteiger partial charge in [-0.25, -0.2) is 4.39 Å². The van der Waals surface area contributed by atoms with Gasteiger partial charge in [-0.05, 0) is 30.2 Å². The maximum absolute atomic E-state index is 13.3. The molecule has 0 radical (unpaired) electrons. The van der Waals surface area contributed by atoms with Gasteiger partial charge >= 0.3 is 0 Å². The van der Waals surface area contributed by atoms with Crippen molar-refractivity contribution in [2.45, 2.75) is 19.4 Å². The fourth-order valence-corrected chi connectivity index (χ4v) is 1.90. The third-order valence-electron chi connectivity index (χ3n) is 2.72. The SMILES string of the molecule is Cc1ccc(C(O)Cc2cccc(F)c2Cl)nc1. The molecule has 0 aliphatic heterocycles. The van der Waals surface area contributed by atoms with Crippen LogP contribution in [0.1, 0.15) is 22.9 Å². The van der Waals surface area contributed by atoms with E-state index in [4.69, 9.17) is 11.6 Å². The molecule has 1 aromatic carbocycles. The molecule has 18 heavy (non-hydrogen) atoms. The molecule has 4 heteroatoms. The number of nitrogens with zero attached hydrogens (tertiary/aromatic N) is 1. The Balaban J connectivity index is 2.18. The standard InChI is InChI=1S/C14H13ClFNO/c1-9-5-6-12(17-8-9)13(18)7-10-3-2-4-11(16)14(10)15/h2-6,8,13,18H,7H2,1H3. The molecule has 2 nitrogen and oxygen atoms in total. The maximum Gasteiger partial charge on any atom is 0.142 e. The summed E-state index contributed by atoms with van der Waals surface area (Å²) < 4.78 is 13.3. The summed E-state index contributed by atoms with van der Waals surface area (Å²) >= 11 is 5.84. The van der Waals surface area contributed by atoms with Gasteiger partial charge in [0.25, 0.3) is 0 Å². The third kappa shape index (κ3) is 2.86. The van der Waals surface area contributed by atoms with E-state index in [2.05, 4.69) is 4.98 Å². The molecule has 1 atom stereocenters. The van der Waals surface area contributed by atoms with Gasteiger partial charge in [-0.1, -0.05) is 29.8 Å². The minimum absolute atomic E-state index is 0.0589. The van der Waals surface area contributed by atoms with E-state index >= 15 is 0 Å². The quantitative estimate of drug-likeness (QED) is 0.922. The summed E-state index contributed by atoms with van der Waals surface area (Å²) in [4.78, 5) is 4.14. The lowest BCUT2D eigenvalue weighted by Gasteiger charge is -2.11. The van der Waals surface area contributed by atoms with Crippen molar-refractivity contribution in [3.63, 3.8) is 0 Å². The van der Waals surface area contributed by atoms with Crippen molar-refractivity contribution in [1.29, 1.82) is 0 Å². The van der Waals surface area contributed by atoms with Crippen LogP contribution in [0.5, 0.6) is 0 Å². The van der Waals surface area contributed by atoms with Gasteiger partial charge in [-0.3, -0.25) is 4.98 Å². The van der Waals surface area contributed by atoms with E-state index in [1.165, 1.54) is 6.07 Å². The highest BCUT2D eigenvalue weighted by molar-refractivity contribution is 6.31. The minimum Gasteiger partial charge on any atom is -0.386 e. The fourth-order valence-electron chi connectivity index (χ4n) is 1.70. The van der Waals surface area contributed by atoms with Gasteiger partial charge in [-0.15, -0.1) is 0 Å². The lowest BCUT2D eigenvalue weighted by molar-refractivity contribution is 0.173. The summed E-state index contributed by atoms with van der Waals surface area (Å²) in [7, 11) is 0. The number of hydrogen-bond donors (Lipinski definition) is 1. The molecule has 0 saturated heterocycles. The van der Waals surface area contributed by atoms with E-state index in [1.807, 2.05) is 13.0 Å². The number of hydrogen-bond acceptors (Lipinski definition) is 2. The van der Waals surface area contributed by atoms with Crippen LogP contribution in [-0.4, -0.2) is 10.1 Å². The number of aromatic nitrogens is 1. The first-order chi connectivity index (χ1) is 8.58. The van der Waals surface area contributed by atoms with Crippen LogP contribution < -0.4 is 0 Å². The van der Waals surface area contributed by atoms with E-state index < -0.39 is 11.9 Å². The zero-order valence-corrected chi connectivity index (χ0v) is 10.7. The molecule has 0 spiro atoms. The first-order valence-electron chi connectivity index (χ1n) is 5.61. The second-order valence-corrected chi connectivity index (χ2v) is 4.57. The number of benzene rings is 1. The van der Waals surface area contributed by atoms with Crippen molar-refractivity contribution in [2.75, 3.05) is 0 Å². The van der Waals surface area contributed by atoms with Gasteiger partial charge < -0.3 is 5.11 Å². The second-order valence-electron chi connectivity index (χ2n) is 4.19. The summed E-state index contributed by atoms with van der Waals surface area (Å²) in [5.74, 6) is -0.474. The Morgan fingerprint density at radius 2 is 2.11 bits per heavy atom. The summed E-state index contributed by atoms with van der Waals surface area (Å²) in [6.45, 7) is 1.92. The number of aliphatic hydroxyl groups excluding tert-OH is 1. The van der Waals surface area contributed by atoms with E-state index in [-0.39, 0.29) is 11.4 Å². The van der Waals surface area contributed by atoms with Gasteiger partial charge in [0.05, 0.1) is 16.8 Å². The number of pyridine rings is 1. The minimum atomic E-state index is -0.787. The predicted molar refractivity (Wildman–Crippen MR) is 69.0 cm³/mol. The zero-order valence-electron chi connectivity index (χ0n) is 9.90. The Morgan fingerprint density at radius 3 is 2.78 bits per heavy atom. The van der Waals surface area contributed by atoms with Gasteiger partial charge in [0.1, 0.15) is 5.82 Å². The van der Waals surface area contributed by atoms with Crippen molar-refractivity contribution >= 4 is 11.6 Å². The van der Waals surface area contributed by atoms with E-state index in [0.717, 1.165) is 5.56 Å². The Labute approximate surface area is 110 Å². The predicted octanol–water partition coefficient (Wildman–Crippen LogP) is 3.46. The lowest BCUT2D eigenvalue weighted by Crippen LogP contribution is -2.05. The Bertz CT molecular complexity index is 542. The molecule has 0 saturated carbocycles. The highest BCUT2D eigenvalue weighted by atomic mass is 35.5. The van der Waals surface area contributed by atoms with Crippen molar-refractivity contribution in [1.82, 2.24) is 4.98 Å². The largest absolute Gasteiger partial charge is 0.386 e. The number of aryl methyl sites for hydroxylation is 1. The number of rotatable bonds is 3. The molecule has 94 valence electrons. The van der Waals surface area contributed by atoms with Crippen LogP contribution in [0.25, 0.3) is 0 Å². The molecule has 0 aliphatic carbocycles. The third-order valence-corrected chi connectivity index (χ3v) is 3.14. The van der Waals surface area contributed by atoms with Crippen molar-refractivity contribution < 1.29 is 9.50 Å². The summed E-state index contributed by atoms with van der Waals surface area (Å²) in [5.41, 5.74) is 2.15. The summed E-state index contributed by atoms with van der Waals surface area (Å²) in [5, 5.41) is 10.1. The topological polar surface area (TPSA) is 33.1 Å². The van der Waals surface area contributed by atoms with Crippen LogP contribution in [0.3, 0.4) is 0 Å². The fraction of sp³-hybridized carbons (Fsp3) is 0.214. The lowest BCUT2D eigenvalue weighted by atomic mass is 10.0. The summed E-state index contributed by atoms with van der Waals surface area (Å²) in [6.07, 6.45) is 1.14. The second kappa shape index (κ2) is 5.46. The Hall–Kier alpha value is -1.45. The van der Waals surface area contributed by atoms with Gasteiger partial charge in [0.15, 0.2) is 0 Å². The number of aliphatic hydroxyl groups is 1. The maximum atomic E-state index is 13.3. The Morgan fingerprint density at radius 1 is 1.33 bits per heavy atom. The van der Waals surface area contributed by atoms with E-state index in [1.54, 1.807) is 24.4 Å². The molecular formula is C14H13ClFNO. The van der Waals surface area contributed by atoms with Crippen LogP contribution in [0, 0.1) is 12.7 Å². The smallest absolute Gasteiger partial charge is 0.142 e. The average Bonchev–Trinajstić information content (AvgIpc) is 2.36. The molecule has 0 fully saturated rings. The summed E-state index contributed by atoms with van der Waals surface area (Å²) in [6, 6.07) is 8.20. The first kappa shape index (κ1) is 13.0. The van der Waals surface area contributed by atoms with Gasteiger partial charge in [-0.2, -0.15) is 0 Å². The van der Waals surface area contributed by atoms with E-state index in [0.29, 0.717) is 11.3 Å². The van der Waals surface area contributed by atoms with Gasteiger partial charge in [0, 0.05) is 12.6 Å². The van der Waals surface area contributed by atoms with Crippen LogP contribution in [0.15, 0.2) is 36.5 Å². The highest BCUT2D eigenvalue weighted by Gasteiger charge is 2.13. The molecule has 1 heterocycles. The van der Waals surface area contributed by atoms with Crippen molar-refractivity contribution in [3.05, 3.63) is 64.2 Å². The van der Waals surface area contributed by atoms with Crippen LogP contribution in [0.4, 0.5) is 4.39 Å². The molecule has 1 unspecified atom stereocenters. The monoisotopic (exact) mass is 265 g/mol. The molecule has 1 N–H and O–H groups in total. The highest BCUT2D eigenvalue weighted by Crippen LogP contribution is 2.24. The van der Waals surface area contributed by atoms with Crippen LogP contribution in [0.2, 0.25) is 5.02 Å². The molecule has 1 aromatic heterocycles. The normalized spacial score (nSPS) is 12.4. The molecule has 0 aliphatic rings. The average molecular weight is 266 g/mol. The molecule has 2 rings (SSSR count). The molecular weight excluding hydrogens is 253 g/mol. The Kier molecular flexibility index (Phi) is 3.94. The molecule has 0 amide bonds. The number of halogens is 2. The van der Waals surface area contributed by atoms with E-state index in [9.17, 15) is 9.50 Å². The molecule has 0 bridgehead atoms. The van der Waals surface area contributed by atoms with Crippen molar-refractivity contribution in [3.8, 4) is 0 Å². The van der Waals surface area contributed by atoms with Crippen LogP contribution >= 0.6 is 11.6 Å². The zero-order chi connectivity index (χ0) is 13.1.